The van der Waals surface area contributed by atoms with Crippen LogP contribution in [0.15, 0.2) is 29.2 Å². The summed E-state index contributed by atoms with van der Waals surface area (Å²) in [5.74, 6) is 0.00208. The third-order valence-electron chi connectivity index (χ3n) is 2.41. The molecular weight excluding hydrogens is 272 g/mol. The highest BCUT2D eigenvalue weighted by atomic mass is 32.2. The highest BCUT2D eigenvalue weighted by Gasteiger charge is 2.14. The molecule has 0 radical (unpaired) electrons. The zero-order valence-corrected chi connectivity index (χ0v) is 13.3. The van der Waals surface area contributed by atoms with E-state index in [9.17, 15) is 9.59 Å². The van der Waals surface area contributed by atoms with Crippen molar-refractivity contribution in [2.45, 2.75) is 38.1 Å². The van der Waals surface area contributed by atoms with Crippen molar-refractivity contribution in [3.63, 3.8) is 0 Å². The Labute approximate surface area is 124 Å². The maximum atomic E-state index is 11.7. The Kier molecular flexibility index (Phi) is 6.07. The maximum Gasteiger partial charge on any atom is 0.239 e. The number of carbonyl (C=O) groups excluding carboxylic acids is 2. The normalized spacial score (nSPS) is 11.0. The SMILES string of the molecule is Cc1ccccc1SCC(=O)NCC(=O)NC(C)(C)C. The Balaban J connectivity index is 2.31. The molecule has 0 saturated carbocycles. The van der Waals surface area contributed by atoms with Crippen molar-refractivity contribution < 1.29 is 9.59 Å². The van der Waals surface area contributed by atoms with E-state index in [0.717, 1.165) is 10.5 Å². The van der Waals surface area contributed by atoms with Crippen LogP contribution in [0, 0.1) is 6.92 Å². The van der Waals surface area contributed by atoms with Gasteiger partial charge in [-0.05, 0) is 39.3 Å². The lowest BCUT2D eigenvalue weighted by Crippen LogP contribution is -2.46. The first-order valence-corrected chi connectivity index (χ1v) is 7.52. The zero-order chi connectivity index (χ0) is 15.2. The van der Waals surface area contributed by atoms with Crippen LogP contribution in [-0.2, 0) is 9.59 Å². The summed E-state index contributed by atoms with van der Waals surface area (Å²) in [6.07, 6.45) is 0. The van der Waals surface area contributed by atoms with Crippen molar-refractivity contribution in [1.82, 2.24) is 10.6 Å². The lowest BCUT2D eigenvalue weighted by atomic mass is 10.1. The van der Waals surface area contributed by atoms with Crippen molar-refractivity contribution >= 4 is 23.6 Å². The first-order chi connectivity index (χ1) is 9.28. The van der Waals surface area contributed by atoms with E-state index in [2.05, 4.69) is 10.6 Å². The van der Waals surface area contributed by atoms with Gasteiger partial charge < -0.3 is 10.6 Å². The van der Waals surface area contributed by atoms with E-state index in [1.54, 1.807) is 0 Å². The second-order valence-electron chi connectivity index (χ2n) is 5.63. The summed E-state index contributed by atoms with van der Waals surface area (Å²) in [4.78, 5) is 24.3. The highest BCUT2D eigenvalue weighted by molar-refractivity contribution is 8.00. The van der Waals surface area contributed by atoms with Crippen LogP contribution < -0.4 is 10.6 Å². The summed E-state index contributed by atoms with van der Waals surface area (Å²) in [7, 11) is 0. The van der Waals surface area contributed by atoms with Gasteiger partial charge in [0.15, 0.2) is 0 Å². The smallest absolute Gasteiger partial charge is 0.239 e. The molecule has 0 aliphatic rings. The van der Waals surface area contributed by atoms with Crippen LogP contribution in [0.1, 0.15) is 26.3 Å². The van der Waals surface area contributed by atoms with Gasteiger partial charge in [-0.25, -0.2) is 0 Å². The number of nitrogens with one attached hydrogen (secondary N) is 2. The van der Waals surface area contributed by atoms with E-state index in [1.807, 2.05) is 52.0 Å². The predicted molar refractivity (Wildman–Crippen MR) is 82.8 cm³/mol. The lowest BCUT2D eigenvalue weighted by molar-refractivity contribution is -0.125. The van der Waals surface area contributed by atoms with E-state index in [1.165, 1.54) is 11.8 Å². The lowest BCUT2D eigenvalue weighted by Gasteiger charge is -2.20. The van der Waals surface area contributed by atoms with Gasteiger partial charge >= 0.3 is 0 Å². The minimum atomic E-state index is -0.280. The van der Waals surface area contributed by atoms with Crippen molar-refractivity contribution in [2.75, 3.05) is 12.3 Å². The van der Waals surface area contributed by atoms with Gasteiger partial charge in [-0.2, -0.15) is 0 Å². The van der Waals surface area contributed by atoms with E-state index in [4.69, 9.17) is 0 Å². The van der Waals surface area contributed by atoms with Gasteiger partial charge in [-0.1, -0.05) is 18.2 Å². The third-order valence-corrected chi connectivity index (χ3v) is 3.59. The zero-order valence-electron chi connectivity index (χ0n) is 12.4. The Bertz CT molecular complexity index is 481. The quantitative estimate of drug-likeness (QED) is 0.818. The number of rotatable bonds is 5. The van der Waals surface area contributed by atoms with Gasteiger partial charge in [0.1, 0.15) is 0 Å². The molecule has 0 aliphatic carbocycles. The molecule has 2 N–H and O–H groups in total. The topological polar surface area (TPSA) is 58.2 Å². The van der Waals surface area contributed by atoms with Crippen LogP contribution in [0.3, 0.4) is 0 Å². The molecule has 0 bridgehead atoms. The summed E-state index contributed by atoms with van der Waals surface area (Å²) >= 11 is 1.48. The summed E-state index contributed by atoms with van der Waals surface area (Å²) in [5, 5.41) is 5.42. The second kappa shape index (κ2) is 7.33. The Morgan fingerprint density at radius 3 is 2.40 bits per heavy atom. The summed E-state index contributed by atoms with van der Waals surface area (Å²) < 4.78 is 0. The fourth-order valence-electron chi connectivity index (χ4n) is 1.55. The molecule has 0 heterocycles. The molecule has 0 atom stereocenters. The first kappa shape index (κ1) is 16.6. The molecule has 0 aliphatic heterocycles. The molecular formula is C15H22N2O2S. The van der Waals surface area contributed by atoms with E-state index < -0.39 is 0 Å². The number of benzene rings is 1. The molecule has 0 spiro atoms. The van der Waals surface area contributed by atoms with E-state index in [-0.39, 0.29) is 23.9 Å². The average Bonchev–Trinajstić information content (AvgIpc) is 2.33. The Morgan fingerprint density at radius 2 is 1.80 bits per heavy atom. The average molecular weight is 294 g/mol. The minimum Gasteiger partial charge on any atom is -0.350 e. The van der Waals surface area contributed by atoms with E-state index >= 15 is 0 Å². The molecule has 20 heavy (non-hydrogen) atoms. The van der Waals surface area contributed by atoms with Crippen molar-refractivity contribution in [1.29, 1.82) is 0 Å². The summed E-state index contributed by atoms with van der Waals surface area (Å²) in [6.45, 7) is 7.74. The fourth-order valence-corrected chi connectivity index (χ4v) is 2.41. The molecule has 0 aromatic heterocycles. The molecule has 1 rings (SSSR count). The molecule has 1 aromatic rings. The van der Waals surface area contributed by atoms with Crippen LogP contribution in [0.4, 0.5) is 0 Å². The molecule has 5 heteroatoms. The second-order valence-corrected chi connectivity index (χ2v) is 6.65. The number of carbonyl (C=O) groups is 2. The molecule has 0 fully saturated rings. The van der Waals surface area contributed by atoms with Gasteiger partial charge in [0.05, 0.1) is 12.3 Å². The number of thioether (sulfide) groups is 1. The molecule has 4 nitrogen and oxygen atoms in total. The molecule has 0 saturated heterocycles. The number of aryl methyl sites for hydroxylation is 1. The molecule has 0 unspecified atom stereocenters. The third kappa shape index (κ3) is 6.61. The minimum absolute atomic E-state index is 0.0183. The van der Waals surface area contributed by atoms with Crippen LogP contribution in [0.5, 0.6) is 0 Å². The monoisotopic (exact) mass is 294 g/mol. The van der Waals surface area contributed by atoms with Gasteiger partial charge in [0.2, 0.25) is 11.8 Å². The van der Waals surface area contributed by atoms with Crippen molar-refractivity contribution in [3.8, 4) is 0 Å². The first-order valence-electron chi connectivity index (χ1n) is 6.54. The largest absolute Gasteiger partial charge is 0.350 e. The van der Waals surface area contributed by atoms with Crippen LogP contribution in [0.2, 0.25) is 0 Å². The van der Waals surface area contributed by atoms with Crippen LogP contribution in [-0.4, -0.2) is 29.7 Å². The standard InChI is InChI=1S/C15H22N2O2S/c1-11-7-5-6-8-12(11)20-10-14(19)16-9-13(18)17-15(2,3)4/h5-8H,9-10H2,1-4H3,(H,16,19)(H,17,18). The van der Waals surface area contributed by atoms with Gasteiger partial charge in [-0.3, -0.25) is 9.59 Å². The maximum absolute atomic E-state index is 11.7. The Morgan fingerprint density at radius 1 is 1.15 bits per heavy atom. The summed E-state index contributed by atoms with van der Waals surface area (Å²) in [5.41, 5.74) is 0.869. The van der Waals surface area contributed by atoms with Crippen LogP contribution in [0.25, 0.3) is 0 Å². The van der Waals surface area contributed by atoms with E-state index in [0.29, 0.717) is 5.75 Å². The highest BCUT2D eigenvalue weighted by Crippen LogP contribution is 2.21. The van der Waals surface area contributed by atoms with Gasteiger partial charge in [0.25, 0.3) is 0 Å². The summed E-state index contributed by atoms with van der Waals surface area (Å²) in [6, 6.07) is 7.91. The Hall–Kier alpha value is -1.49. The number of hydrogen-bond donors (Lipinski definition) is 2. The van der Waals surface area contributed by atoms with Crippen LogP contribution >= 0.6 is 11.8 Å². The molecule has 2 amide bonds. The van der Waals surface area contributed by atoms with Gasteiger partial charge in [-0.15, -0.1) is 11.8 Å². The molecule has 110 valence electrons. The fraction of sp³-hybridized carbons (Fsp3) is 0.467. The van der Waals surface area contributed by atoms with Crippen molar-refractivity contribution in [2.24, 2.45) is 0 Å². The van der Waals surface area contributed by atoms with Crippen molar-refractivity contribution in [3.05, 3.63) is 29.8 Å². The predicted octanol–water partition coefficient (Wildman–Crippen LogP) is 2.12. The molecule has 1 aromatic carbocycles. The van der Waals surface area contributed by atoms with Gasteiger partial charge in [0, 0.05) is 10.4 Å². The number of amides is 2. The number of hydrogen-bond acceptors (Lipinski definition) is 3.